The molecule has 1 aromatic carbocycles. The van der Waals surface area contributed by atoms with Gasteiger partial charge in [-0.1, -0.05) is 0 Å². The number of nitro groups is 1. The van der Waals surface area contributed by atoms with Gasteiger partial charge in [-0.3, -0.25) is 10.1 Å². The summed E-state index contributed by atoms with van der Waals surface area (Å²) in [7, 11) is -5.67. The van der Waals surface area contributed by atoms with E-state index in [1.54, 1.807) is 0 Å². The second kappa shape index (κ2) is 5.34. The maximum atomic E-state index is 12.6. The SMILES string of the molecule is CC1(O)CCN(c2ccc(S(=O)(=O)C(F)(F)F)cc2[N+](=O)[O-])C1. The maximum Gasteiger partial charge on any atom is 0.501 e. The zero-order valence-corrected chi connectivity index (χ0v) is 12.7. The zero-order chi connectivity index (χ0) is 17.6. The third-order valence-corrected chi connectivity index (χ3v) is 5.04. The van der Waals surface area contributed by atoms with Crippen molar-refractivity contribution in [1.29, 1.82) is 0 Å². The Kier molecular flexibility index (Phi) is 4.06. The van der Waals surface area contributed by atoms with Gasteiger partial charge in [0.2, 0.25) is 0 Å². The summed E-state index contributed by atoms with van der Waals surface area (Å²) in [5.41, 5.74) is -7.41. The molecule has 11 heteroatoms. The summed E-state index contributed by atoms with van der Waals surface area (Å²) in [5, 5.41) is 21.0. The minimum atomic E-state index is -5.67. The Bertz CT molecular complexity index is 746. The van der Waals surface area contributed by atoms with Gasteiger partial charge in [0, 0.05) is 19.2 Å². The van der Waals surface area contributed by atoms with E-state index >= 15 is 0 Å². The summed E-state index contributed by atoms with van der Waals surface area (Å²) in [5.74, 6) is 0. The topological polar surface area (TPSA) is 101 Å². The molecule has 1 unspecified atom stereocenters. The van der Waals surface area contributed by atoms with E-state index in [0.717, 1.165) is 6.07 Å². The average Bonchev–Trinajstić information content (AvgIpc) is 2.77. The predicted octanol–water partition coefficient (Wildman–Crippen LogP) is 1.85. The number of β-amino-alcohol motifs (C(OH)–C–C–N with tert-alkyl or cyclic N) is 1. The minimum Gasteiger partial charge on any atom is -0.388 e. The van der Waals surface area contributed by atoms with Crippen LogP contribution in [0.4, 0.5) is 24.5 Å². The molecule has 0 aromatic heterocycles. The molecule has 1 atom stereocenters. The minimum absolute atomic E-state index is 0.0334. The van der Waals surface area contributed by atoms with Crippen molar-refractivity contribution in [2.24, 2.45) is 0 Å². The van der Waals surface area contributed by atoms with Gasteiger partial charge in [0.25, 0.3) is 15.5 Å². The lowest BCUT2D eigenvalue weighted by molar-refractivity contribution is -0.384. The largest absolute Gasteiger partial charge is 0.501 e. The number of hydrogen-bond acceptors (Lipinski definition) is 6. The summed E-state index contributed by atoms with van der Waals surface area (Å²) < 4.78 is 60.4. The molecule has 23 heavy (non-hydrogen) atoms. The van der Waals surface area contributed by atoms with E-state index in [1.165, 1.54) is 11.8 Å². The van der Waals surface area contributed by atoms with Crippen LogP contribution in [-0.4, -0.2) is 42.6 Å². The Balaban J connectivity index is 2.51. The molecule has 2 rings (SSSR count). The van der Waals surface area contributed by atoms with Crippen molar-refractivity contribution in [2.45, 2.75) is 29.3 Å². The smallest absolute Gasteiger partial charge is 0.388 e. The molecule has 1 N–H and O–H groups in total. The average molecular weight is 354 g/mol. The monoisotopic (exact) mass is 354 g/mol. The second-order valence-electron chi connectivity index (χ2n) is 5.53. The lowest BCUT2D eigenvalue weighted by Gasteiger charge is -2.21. The van der Waals surface area contributed by atoms with Crippen LogP contribution in [0.3, 0.4) is 0 Å². The summed E-state index contributed by atoms with van der Waals surface area (Å²) in [6.45, 7) is 1.85. The van der Waals surface area contributed by atoms with Gasteiger partial charge in [-0.05, 0) is 25.5 Å². The van der Waals surface area contributed by atoms with Crippen LogP contribution in [0.15, 0.2) is 23.1 Å². The normalized spacial score (nSPS) is 22.4. The Hall–Kier alpha value is -1.88. The number of halogens is 3. The molecule has 1 saturated heterocycles. The number of aliphatic hydroxyl groups is 1. The quantitative estimate of drug-likeness (QED) is 0.657. The fraction of sp³-hybridized carbons (Fsp3) is 0.500. The van der Waals surface area contributed by atoms with E-state index in [-0.39, 0.29) is 18.8 Å². The third kappa shape index (κ3) is 3.24. The van der Waals surface area contributed by atoms with Crippen LogP contribution in [0.2, 0.25) is 0 Å². The van der Waals surface area contributed by atoms with Crippen molar-refractivity contribution >= 4 is 21.2 Å². The van der Waals surface area contributed by atoms with E-state index < -0.39 is 36.5 Å². The van der Waals surface area contributed by atoms with Gasteiger partial charge in [0.1, 0.15) is 5.69 Å². The summed E-state index contributed by atoms with van der Waals surface area (Å²) in [4.78, 5) is 10.4. The van der Waals surface area contributed by atoms with Crippen LogP contribution in [0.5, 0.6) is 0 Å². The molecule has 1 fully saturated rings. The van der Waals surface area contributed by atoms with Gasteiger partial charge in [0.05, 0.1) is 15.4 Å². The number of alkyl halides is 3. The van der Waals surface area contributed by atoms with E-state index in [9.17, 15) is 36.8 Å². The second-order valence-corrected chi connectivity index (χ2v) is 7.47. The Morgan fingerprint density at radius 2 is 2.00 bits per heavy atom. The summed E-state index contributed by atoms with van der Waals surface area (Å²) >= 11 is 0. The lowest BCUT2D eigenvalue weighted by atomic mass is 10.1. The number of anilines is 1. The fourth-order valence-corrected chi connectivity index (χ4v) is 3.15. The van der Waals surface area contributed by atoms with Crippen molar-refractivity contribution < 1.29 is 31.6 Å². The Morgan fingerprint density at radius 1 is 1.39 bits per heavy atom. The van der Waals surface area contributed by atoms with Crippen molar-refractivity contribution in [3.63, 3.8) is 0 Å². The van der Waals surface area contributed by atoms with E-state index in [4.69, 9.17) is 0 Å². The molecule has 0 radical (unpaired) electrons. The molecule has 0 aliphatic carbocycles. The Morgan fingerprint density at radius 3 is 2.43 bits per heavy atom. The highest BCUT2D eigenvalue weighted by atomic mass is 32.2. The first-order valence-electron chi connectivity index (χ1n) is 6.42. The summed E-state index contributed by atoms with van der Waals surface area (Å²) in [6, 6.07) is 2.03. The number of rotatable bonds is 3. The van der Waals surface area contributed by atoms with Gasteiger partial charge >= 0.3 is 5.51 Å². The number of benzene rings is 1. The fourth-order valence-electron chi connectivity index (χ4n) is 2.37. The molecule has 0 saturated carbocycles. The number of nitro benzene ring substituents is 1. The summed E-state index contributed by atoms with van der Waals surface area (Å²) in [6.07, 6.45) is 0.326. The highest BCUT2D eigenvalue weighted by Gasteiger charge is 2.47. The van der Waals surface area contributed by atoms with Gasteiger partial charge < -0.3 is 10.0 Å². The van der Waals surface area contributed by atoms with Crippen molar-refractivity contribution in [3.8, 4) is 0 Å². The van der Waals surface area contributed by atoms with Crippen LogP contribution in [0, 0.1) is 10.1 Å². The van der Waals surface area contributed by atoms with Gasteiger partial charge in [0.15, 0.2) is 0 Å². The molecule has 1 heterocycles. The van der Waals surface area contributed by atoms with Crippen LogP contribution in [0.25, 0.3) is 0 Å². The molecule has 1 aromatic rings. The van der Waals surface area contributed by atoms with E-state index in [1.807, 2.05) is 0 Å². The van der Waals surface area contributed by atoms with Gasteiger partial charge in [-0.2, -0.15) is 13.2 Å². The highest BCUT2D eigenvalue weighted by Crippen LogP contribution is 2.38. The van der Waals surface area contributed by atoms with Crippen molar-refractivity contribution in [2.75, 3.05) is 18.0 Å². The molecular formula is C12H13F3N2O5S. The van der Waals surface area contributed by atoms with Crippen LogP contribution in [-0.2, 0) is 9.84 Å². The molecule has 7 nitrogen and oxygen atoms in total. The van der Waals surface area contributed by atoms with Crippen LogP contribution < -0.4 is 4.90 Å². The molecule has 1 aliphatic rings. The van der Waals surface area contributed by atoms with Crippen molar-refractivity contribution in [1.82, 2.24) is 0 Å². The predicted molar refractivity (Wildman–Crippen MR) is 73.8 cm³/mol. The maximum absolute atomic E-state index is 12.6. The van der Waals surface area contributed by atoms with Crippen LogP contribution >= 0.6 is 0 Å². The molecule has 128 valence electrons. The molecule has 0 bridgehead atoms. The van der Waals surface area contributed by atoms with Crippen LogP contribution in [0.1, 0.15) is 13.3 Å². The molecule has 1 aliphatic heterocycles. The molecular weight excluding hydrogens is 341 g/mol. The molecule has 0 spiro atoms. The number of sulfone groups is 1. The standard InChI is InChI=1S/C12H13F3N2O5S/c1-11(18)4-5-16(7-11)9-3-2-8(6-10(9)17(19)20)23(21,22)12(13,14)15/h2-3,6,18H,4-5,7H2,1H3. The number of nitrogens with zero attached hydrogens (tertiary/aromatic N) is 2. The van der Waals surface area contributed by atoms with E-state index in [0.29, 0.717) is 18.6 Å². The molecule has 0 amide bonds. The zero-order valence-electron chi connectivity index (χ0n) is 11.9. The number of hydrogen-bond donors (Lipinski definition) is 1. The van der Waals surface area contributed by atoms with Gasteiger partial charge in [-0.25, -0.2) is 8.42 Å². The van der Waals surface area contributed by atoms with E-state index in [2.05, 4.69) is 0 Å². The first kappa shape index (κ1) is 17.5. The van der Waals surface area contributed by atoms with Crippen molar-refractivity contribution in [3.05, 3.63) is 28.3 Å². The first-order valence-corrected chi connectivity index (χ1v) is 7.91. The Labute approximate surface area is 129 Å². The van der Waals surface area contributed by atoms with Gasteiger partial charge in [-0.15, -0.1) is 0 Å². The lowest BCUT2D eigenvalue weighted by Crippen LogP contribution is -2.30. The third-order valence-electron chi connectivity index (χ3n) is 3.55. The highest BCUT2D eigenvalue weighted by molar-refractivity contribution is 7.92. The first-order chi connectivity index (χ1) is 10.3.